The van der Waals surface area contributed by atoms with Crippen molar-refractivity contribution in [2.24, 2.45) is 0 Å². The van der Waals surface area contributed by atoms with E-state index in [2.05, 4.69) is 24.5 Å². The molecule has 0 bridgehead atoms. The lowest BCUT2D eigenvalue weighted by molar-refractivity contribution is 0.355. The normalized spacial score (nSPS) is 21.7. The predicted octanol–water partition coefficient (Wildman–Crippen LogP) is 2.26. The van der Waals surface area contributed by atoms with Crippen LogP contribution in [0.5, 0.6) is 11.5 Å². The maximum atomic E-state index is 5.30. The van der Waals surface area contributed by atoms with Crippen LogP contribution in [0.4, 0.5) is 5.69 Å². The molecule has 1 aliphatic heterocycles. The Morgan fingerprint density at radius 3 is 2.50 bits per heavy atom. The van der Waals surface area contributed by atoms with Gasteiger partial charge in [0, 0.05) is 29.9 Å². The molecular formula is C14H22N2O2. The zero-order chi connectivity index (χ0) is 13.2. The number of hydrogen-bond donors (Lipinski definition) is 2. The number of anilines is 1. The van der Waals surface area contributed by atoms with Gasteiger partial charge in [-0.1, -0.05) is 0 Å². The zero-order valence-corrected chi connectivity index (χ0v) is 11.5. The van der Waals surface area contributed by atoms with Crippen LogP contribution in [0, 0.1) is 0 Å². The maximum Gasteiger partial charge on any atom is 0.162 e. The first kappa shape index (κ1) is 13.0. The highest BCUT2D eigenvalue weighted by molar-refractivity contribution is 5.55. The summed E-state index contributed by atoms with van der Waals surface area (Å²) < 4.78 is 10.5. The number of hydrogen-bond acceptors (Lipinski definition) is 4. The highest BCUT2D eigenvalue weighted by Crippen LogP contribution is 2.31. The maximum absolute atomic E-state index is 5.30. The van der Waals surface area contributed by atoms with Gasteiger partial charge in [-0.3, -0.25) is 0 Å². The van der Waals surface area contributed by atoms with Crippen molar-refractivity contribution in [3.05, 3.63) is 18.2 Å². The van der Waals surface area contributed by atoms with E-state index in [-0.39, 0.29) is 5.54 Å². The van der Waals surface area contributed by atoms with Gasteiger partial charge in [0.15, 0.2) is 11.5 Å². The van der Waals surface area contributed by atoms with E-state index in [1.165, 1.54) is 0 Å². The minimum atomic E-state index is 0.216. The molecule has 4 heteroatoms. The van der Waals surface area contributed by atoms with E-state index < -0.39 is 0 Å². The van der Waals surface area contributed by atoms with Crippen molar-refractivity contribution in [3.63, 3.8) is 0 Å². The van der Waals surface area contributed by atoms with Crippen molar-refractivity contribution in [1.29, 1.82) is 0 Å². The van der Waals surface area contributed by atoms with Gasteiger partial charge >= 0.3 is 0 Å². The van der Waals surface area contributed by atoms with E-state index in [4.69, 9.17) is 9.47 Å². The van der Waals surface area contributed by atoms with Crippen LogP contribution in [0.15, 0.2) is 18.2 Å². The van der Waals surface area contributed by atoms with Crippen molar-refractivity contribution in [3.8, 4) is 11.5 Å². The molecule has 1 saturated heterocycles. The first-order valence-corrected chi connectivity index (χ1v) is 6.28. The van der Waals surface area contributed by atoms with Gasteiger partial charge in [0.2, 0.25) is 0 Å². The van der Waals surface area contributed by atoms with Crippen LogP contribution in [-0.4, -0.2) is 32.3 Å². The summed E-state index contributed by atoms with van der Waals surface area (Å²) in [6, 6.07) is 6.38. The quantitative estimate of drug-likeness (QED) is 0.860. The number of rotatable bonds is 4. The van der Waals surface area contributed by atoms with Gasteiger partial charge in [-0.2, -0.15) is 0 Å². The van der Waals surface area contributed by atoms with Gasteiger partial charge in [0.05, 0.1) is 14.2 Å². The lowest BCUT2D eigenvalue weighted by Crippen LogP contribution is -2.31. The summed E-state index contributed by atoms with van der Waals surface area (Å²) in [6.07, 6.45) is 1.11. The van der Waals surface area contributed by atoms with Crippen LogP contribution in [0.2, 0.25) is 0 Å². The summed E-state index contributed by atoms with van der Waals surface area (Å²) in [7, 11) is 3.30. The van der Waals surface area contributed by atoms with E-state index in [1.807, 2.05) is 18.2 Å². The second-order valence-electron chi connectivity index (χ2n) is 5.38. The summed E-state index contributed by atoms with van der Waals surface area (Å²) in [5.41, 5.74) is 1.28. The number of methoxy groups -OCH3 is 2. The molecule has 2 rings (SSSR count). The third-order valence-corrected chi connectivity index (χ3v) is 3.34. The molecule has 1 unspecified atom stereocenters. The smallest absolute Gasteiger partial charge is 0.162 e. The molecule has 0 amide bonds. The average molecular weight is 250 g/mol. The monoisotopic (exact) mass is 250 g/mol. The van der Waals surface area contributed by atoms with Crippen LogP contribution in [0.3, 0.4) is 0 Å². The Balaban J connectivity index is 2.06. The molecule has 0 radical (unpaired) electrons. The molecule has 1 aliphatic rings. The molecule has 1 heterocycles. The zero-order valence-electron chi connectivity index (χ0n) is 11.5. The fraction of sp³-hybridized carbons (Fsp3) is 0.571. The van der Waals surface area contributed by atoms with E-state index in [0.717, 1.165) is 30.2 Å². The molecule has 2 N–H and O–H groups in total. The molecule has 100 valence electrons. The SMILES string of the molecule is COc1ccc(NC2CNC(C)(C)C2)cc1OC. The first-order valence-electron chi connectivity index (χ1n) is 6.28. The topological polar surface area (TPSA) is 42.5 Å². The number of benzene rings is 1. The third kappa shape index (κ3) is 2.88. The molecule has 1 atom stereocenters. The molecule has 1 aromatic carbocycles. The first-order chi connectivity index (χ1) is 8.54. The highest BCUT2D eigenvalue weighted by Gasteiger charge is 2.30. The van der Waals surface area contributed by atoms with Crippen molar-refractivity contribution in [2.45, 2.75) is 31.8 Å². The molecule has 0 saturated carbocycles. The fourth-order valence-corrected chi connectivity index (χ4v) is 2.42. The Kier molecular flexibility index (Phi) is 3.66. The molecule has 18 heavy (non-hydrogen) atoms. The lowest BCUT2D eigenvalue weighted by atomic mass is 10.0. The van der Waals surface area contributed by atoms with E-state index in [9.17, 15) is 0 Å². The summed E-state index contributed by atoms with van der Waals surface area (Å²) in [4.78, 5) is 0. The van der Waals surface area contributed by atoms with Gasteiger partial charge in [-0.05, 0) is 32.4 Å². The van der Waals surface area contributed by atoms with Crippen LogP contribution in [-0.2, 0) is 0 Å². The minimum absolute atomic E-state index is 0.216. The van der Waals surface area contributed by atoms with Crippen LogP contribution < -0.4 is 20.1 Å². The lowest BCUT2D eigenvalue weighted by Gasteiger charge is -2.18. The third-order valence-electron chi connectivity index (χ3n) is 3.34. The molecule has 1 aromatic rings. The molecule has 0 aromatic heterocycles. The summed E-state index contributed by atoms with van der Waals surface area (Å²) >= 11 is 0. The van der Waals surface area contributed by atoms with Crippen LogP contribution >= 0.6 is 0 Å². The largest absolute Gasteiger partial charge is 0.493 e. The molecule has 1 fully saturated rings. The fourth-order valence-electron chi connectivity index (χ4n) is 2.42. The van der Waals surface area contributed by atoms with Gasteiger partial charge in [-0.15, -0.1) is 0 Å². The van der Waals surface area contributed by atoms with E-state index >= 15 is 0 Å². The average Bonchev–Trinajstić information content (AvgIpc) is 2.68. The van der Waals surface area contributed by atoms with Crippen molar-refractivity contribution in [2.75, 3.05) is 26.1 Å². The Morgan fingerprint density at radius 1 is 1.22 bits per heavy atom. The van der Waals surface area contributed by atoms with E-state index in [1.54, 1.807) is 14.2 Å². The summed E-state index contributed by atoms with van der Waals surface area (Å²) in [5, 5.41) is 7.02. The molecule has 0 spiro atoms. The van der Waals surface area contributed by atoms with Gasteiger partial charge in [0.25, 0.3) is 0 Å². The standard InChI is InChI=1S/C14H22N2O2/c1-14(2)8-11(9-15-14)16-10-5-6-12(17-3)13(7-10)18-4/h5-7,11,15-16H,8-9H2,1-4H3. The van der Waals surface area contributed by atoms with E-state index in [0.29, 0.717) is 6.04 Å². The van der Waals surface area contributed by atoms with Gasteiger partial charge in [-0.25, -0.2) is 0 Å². The Morgan fingerprint density at radius 2 is 1.94 bits per heavy atom. The Labute approximate surface area is 109 Å². The Hall–Kier alpha value is -1.42. The van der Waals surface area contributed by atoms with Crippen LogP contribution in [0.1, 0.15) is 20.3 Å². The van der Waals surface area contributed by atoms with Crippen molar-refractivity contribution < 1.29 is 9.47 Å². The van der Waals surface area contributed by atoms with Crippen molar-refractivity contribution >= 4 is 5.69 Å². The summed E-state index contributed by atoms with van der Waals surface area (Å²) in [5.74, 6) is 1.51. The molecule has 4 nitrogen and oxygen atoms in total. The van der Waals surface area contributed by atoms with Crippen molar-refractivity contribution in [1.82, 2.24) is 5.32 Å². The summed E-state index contributed by atoms with van der Waals surface area (Å²) in [6.45, 7) is 5.44. The van der Waals surface area contributed by atoms with Gasteiger partial charge < -0.3 is 20.1 Å². The number of ether oxygens (including phenoxy) is 2. The predicted molar refractivity (Wildman–Crippen MR) is 73.7 cm³/mol. The Bertz CT molecular complexity index is 418. The van der Waals surface area contributed by atoms with Gasteiger partial charge in [0.1, 0.15) is 0 Å². The second kappa shape index (κ2) is 5.06. The number of nitrogens with one attached hydrogen (secondary N) is 2. The second-order valence-corrected chi connectivity index (χ2v) is 5.38. The minimum Gasteiger partial charge on any atom is -0.493 e. The molecular weight excluding hydrogens is 228 g/mol. The molecule has 0 aliphatic carbocycles. The van der Waals surface area contributed by atoms with Crippen LogP contribution in [0.25, 0.3) is 0 Å². The highest BCUT2D eigenvalue weighted by atomic mass is 16.5.